The van der Waals surface area contributed by atoms with Crippen LogP contribution in [0.25, 0.3) is 22.3 Å². The monoisotopic (exact) mass is 634 g/mol. The van der Waals surface area contributed by atoms with Crippen molar-refractivity contribution in [2.24, 2.45) is 5.41 Å². The third-order valence-corrected chi connectivity index (χ3v) is 8.17. The summed E-state index contributed by atoms with van der Waals surface area (Å²) in [5.41, 5.74) is 1.85. The molecule has 12 heteroatoms. The average Bonchev–Trinajstić information content (AvgIpc) is 3.55. The molecule has 1 saturated heterocycles. The first-order chi connectivity index (χ1) is 21.5. The SMILES string of the molecule is COc1cc(Cl)ncc1COc1cccc(-c2cc(F)c(Cc3nc4ccc(C(=O)O)cc4n3[C@H]3COCC3(C)C)cc2F)n1. The second-order valence-electron chi connectivity index (χ2n) is 11.5. The molecular weight excluding hydrogens is 606 g/mol. The van der Waals surface area contributed by atoms with Gasteiger partial charge in [-0.2, -0.15) is 0 Å². The lowest BCUT2D eigenvalue weighted by atomic mass is 9.87. The molecule has 1 atom stereocenters. The van der Waals surface area contributed by atoms with Gasteiger partial charge in [0.15, 0.2) is 0 Å². The topological polar surface area (TPSA) is 109 Å². The molecule has 1 aliphatic heterocycles. The van der Waals surface area contributed by atoms with Crippen LogP contribution in [-0.2, 0) is 17.8 Å². The van der Waals surface area contributed by atoms with Crippen LogP contribution in [0.3, 0.4) is 0 Å². The molecule has 4 heterocycles. The maximum absolute atomic E-state index is 15.7. The Morgan fingerprint density at radius 2 is 1.93 bits per heavy atom. The van der Waals surface area contributed by atoms with Crippen molar-refractivity contribution in [3.05, 3.63) is 100 Å². The van der Waals surface area contributed by atoms with E-state index in [1.807, 2.05) is 18.4 Å². The number of halogens is 3. The number of benzene rings is 2. The van der Waals surface area contributed by atoms with Crippen molar-refractivity contribution in [1.82, 2.24) is 19.5 Å². The van der Waals surface area contributed by atoms with Gasteiger partial charge in [0.2, 0.25) is 5.88 Å². The van der Waals surface area contributed by atoms with E-state index in [1.165, 1.54) is 19.4 Å². The Bertz CT molecular complexity index is 1930. The van der Waals surface area contributed by atoms with E-state index in [9.17, 15) is 9.90 Å². The van der Waals surface area contributed by atoms with Crippen LogP contribution in [0.2, 0.25) is 5.15 Å². The van der Waals surface area contributed by atoms with Crippen LogP contribution >= 0.6 is 11.6 Å². The van der Waals surface area contributed by atoms with Crippen molar-refractivity contribution in [2.45, 2.75) is 32.9 Å². The fourth-order valence-corrected chi connectivity index (χ4v) is 5.70. The summed E-state index contributed by atoms with van der Waals surface area (Å²) in [5, 5.41) is 9.87. The lowest BCUT2D eigenvalue weighted by Crippen LogP contribution is -2.27. The van der Waals surface area contributed by atoms with Crippen LogP contribution in [0.4, 0.5) is 8.78 Å². The molecule has 45 heavy (non-hydrogen) atoms. The van der Waals surface area contributed by atoms with Gasteiger partial charge in [-0.05, 0) is 42.0 Å². The minimum absolute atomic E-state index is 0.0275. The zero-order valence-corrected chi connectivity index (χ0v) is 25.4. The molecule has 0 spiro atoms. The van der Waals surface area contributed by atoms with E-state index in [0.29, 0.717) is 41.4 Å². The number of fused-ring (bicyclic) bond motifs is 1. The third-order valence-electron chi connectivity index (χ3n) is 7.96. The van der Waals surface area contributed by atoms with Gasteiger partial charge in [-0.3, -0.25) is 0 Å². The zero-order valence-electron chi connectivity index (χ0n) is 24.7. The number of hydrogen-bond donors (Lipinski definition) is 1. The molecule has 232 valence electrons. The summed E-state index contributed by atoms with van der Waals surface area (Å²) in [4.78, 5) is 24.9. The second-order valence-corrected chi connectivity index (χ2v) is 11.9. The lowest BCUT2D eigenvalue weighted by Gasteiger charge is -2.28. The van der Waals surface area contributed by atoms with Crippen molar-refractivity contribution >= 4 is 28.6 Å². The van der Waals surface area contributed by atoms with Gasteiger partial charge in [-0.1, -0.05) is 31.5 Å². The highest BCUT2D eigenvalue weighted by molar-refractivity contribution is 6.29. The number of aromatic nitrogens is 4. The van der Waals surface area contributed by atoms with Crippen LogP contribution < -0.4 is 9.47 Å². The summed E-state index contributed by atoms with van der Waals surface area (Å²) in [6, 6.07) is 13.1. The van der Waals surface area contributed by atoms with Gasteiger partial charge in [-0.15, -0.1) is 0 Å². The van der Waals surface area contributed by atoms with Crippen LogP contribution in [0, 0.1) is 17.0 Å². The van der Waals surface area contributed by atoms with Crippen molar-refractivity contribution in [3.8, 4) is 22.9 Å². The number of rotatable bonds is 9. The number of aromatic carboxylic acids is 1. The molecule has 6 rings (SSSR count). The smallest absolute Gasteiger partial charge is 0.335 e. The van der Waals surface area contributed by atoms with Gasteiger partial charge in [-0.25, -0.2) is 28.5 Å². The number of methoxy groups -OCH3 is 1. The summed E-state index contributed by atoms with van der Waals surface area (Å²) in [6.07, 6.45) is 1.50. The molecule has 3 aromatic heterocycles. The summed E-state index contributed by atoms with van der Waals surface area (Å²) < 4.78 is 50.1. The number of ether oxygens (including phenoxy) is 3. The molecule has 2 aromatic carbocycles. The molecule has 1 aliphatic rings. The van der Waals surface area contributed by atoms with Crippen molar-refractivity contribution in [2.75, 3.05) is 20.3 Å². The van der Waals surface area contributed by atoms with E-state index in [1.54, 1.807) is 36.4 Å². The molecule has 0 radical (unpaired) electrons. The number of carboxylic acid groups (broad SMARTS) is 1. The molecule has 0 amide bonds. The molecule has 0 bridgehead atoms. The number of carbonyl (C=O) groups is 1. The van der Waals surface area contributed by atoms with Gasteiger partial charge in [0, 0.05) is 41.3 Å². The van der Waals surface area contributed by atoms with Gasteiger partial charge in [0.05, 0.1) is 48.7 Å². The number of carboxylic acids is 1. The first kappa shape index (κ1) is 30.4. The first-order valence-corrected chi connectivity index (χ1v) is 14.5. The van der Waals surface area contributed by atoms with Gasteiger partial charge in [0.25, 0.3) is 0 Å². The Morgan fingerprint density at radius 1 is 1.11 bits per heavy atom. The fourth-order valence-electron chi connectivity index (χ4n) is 5.55. The number of hydrogen-bond acceptors (Lipinski definition) is 7. The molecule has 1 N–H and O–H groups in total. The maximum atomic E-state index is 15.7. The number of imidazole rings is 1. The minimum Gasteiger partial charge on any atom is -0.496 e. The van der Waals surface area contributed by atoms with E-state index in [-0.39, 0.29) is 57.9 Å². The maximum Gasteiger partial charge on any atom is 0.335 e. The first-order valence-electron chi connectivity index (χ1n) is 14.1. The predicted octanol–water partition coefficient (Wildman–Crippen LogP) is 6.90. The third kappa shape index (κ3) is 6.05. The Hall–Kier alpha value is -4.61. The molecule has 9 nitrogen and oxygen atoms in total. The molecular formula is C33H29ClF2N4O5. The van der Waals surface area contributed by atoms with Crippen LogP contribution in [-0.4, -0.2) is 50.9 Å². The predicted molar refractivity (Wildman–Crippen MR) is 163 cm³/mol. The van der Waals surface area contributed by atoms with Crippen LogP contribution in [0.1, 0.15) is 47.2 Å². The number of pyridine rings is 2. The van der Waals surface area contributed by atoms with E-state index in [0.717, 1.165) is 12.1 Å². The molecule has 0 saturated carbocycles. The Balaban J connectivity index is 1.31. The van der Waals surface area contributed by atoms with Gasteiger partial charge < -0.3 is 23.9 Å². The summed E-state index contributed by atoms with van der Waals surface area (Å²) in [5.74, 6) is -1.20. The molecule has 0 aliphatic carbocycles. The van der Waals surface area contributed by atoms with E-state index in [2.05, 4.69) is 9.97 Å². The fraction of sp³-hybridized carbons (Fsp3) is 0.273. The second kappa shape index (κ2) is 12.1. The van der Waals surface area contributed by atoms with Crippen LogP contribution in [0.15, 0.2) is 60.8 Å². The minimum atomic E-state index is -1.07. The quantitative estimate of drug-likeness (QED) is 0.175. The standard InChI is InChI=1S/C33H29ClF2N4O5/c1-33(2)17-44-16-28(33)40-26-10-18(32(41)42)7-8-25(26)38-30(40)11-19-9-23(36)21(12-22(19)35)24-5-4-6-31(39-24)45-15-20-14-37-29(34)13-27(20)43-3/h4-10,12-14,28H,11,15-17H2,1-3H3,(H,41,42)/t28-/m0/s1. The highest BCUT2D eigenvalue weighted by Gasteiger charge is 2.39. The number of nitrogens with zero attached hydrogens (tertiary/aromatic N) is 4. The normalized spacial score (nSPS) is 15.8. The summed E-state index contributed by atoms with van der Waals surface area (Å²) in [6.45, 7) is 5.03. The Morgan fingerprint density at radius 3 is 2.67 bits per heavy atom. The van der Waals surface area contributed by atoms with Crippen molar-refractivity contribution in [1.29, 1.82) is 0 Å². The molecule has 0 unspecified atom stereocenters. The van der Waals surface area contributed by atoms with Crippen molar-refractivity contribution < 1.29 is 32.9 Å². The van der Waals surface area contributed by atoms with E-state index >= 15 is 8.78 Å². The largest absolute Gasteiger partial charge is 0.496 e. The highest BCUT2D eigenvalue weighted by Crippen LogP contribution is 2.40. The van der Waals surface area contributed by atoms with E-state index < -0.39 is 17.6 Å². The average molecular weight is 635 g/mol. The summed E-state index contributed by atoms with van der Waals surface area (Å²) >= 11 is 5.93. The van der Waals surface area contributed by atoms with E-state index in [4.69, 9.17) is 30.8 Å². The highest BCUT2D eigenvalue weighted by atomic mass is 35.5. The summed E-state index contributed by atoms with van der Waals surface area (Å²) in [7, 11) is 1.50. The Kier molecular flexibility index (Phi) is 8.15. The lowest BCUT2D eigenvalue weighted by molar-refractivity contribution is 0.0697. The molecule has 5 aromatic rings. The zero-order chi connectivity index (χ0) is 31.9. The van der Waals surface area contributed by atoms with Crippen LogP contribution in [0.5, 0.6) is 11.6 Å². The Labute approximate surface area is 262 Å². The van der Waals surface area contributed by atoms with Gasteiger partial charge >= 0.3 is 5.97 Å². The van der Waals surface area contributed by atoms with Crippen molar-refractivity contribution in [3.63, 3.8) is 0 Å². The van der Waals surface area contributed by atoms with Gasteiger partial charge in [0.1, 0.15) is 35.0 Å². The molecule has 1 fully saturated rings.